The number of nitrogens with zero attached hydrogens (tertiary/aromatic N) is 3. The van der Waals surface area contributed by atoms with Gasteiger partial charge in [-0.2, -0.15) is 23.1 Å². The van der Waals surface area contributed by atoms with Gasteiger partial charge in [0.15, 0.2) is 0 Å². The second-order valence-corrected chi connectivity index (χ2v) is 5.49. The van der Waals surface area contributed by atoms with Crippen molar-refractivity contribution in [3.05, 3.63) is 11.4 Å². The van der Waals surface area contributed by atoms with Crippen LogP contribution >= 0.6 is 11.3 Å². The third-order valence-electron chi connectivity index (χ3n) is 3.12. The summed E-state index contributed by atoms with van der Waals surface area (Å²) >= 11 is 1.25. The van der Waals surface area contributed by atoms with Crippen LogP contribution in [0.5, 0.6) is 6.01 Å². The predicted molar refractivity (Wildman–Crippen MR) is 74.2 cm³/mol. The lowest BCUT2D eigenvalue weighted by atomic mass is 10.3. The lowest BCUT2D eigenvalue weighted by molar-refractivity contribution is -0.190. The van der Waals surface area contributed by atoms with Gasteiger partial charge < -0.3 is 15.0 Å². The zero-order chi connectivity index (χ0) is 15.7. The number of halogens is 3. The molecule has 22 heavy (non-hydrogen) atoms. The van der Waals surface area contributed by atoms with E-state index in [9.17, 15) is 18.0 Å². The molecule has 3 heterocycles. The molecule has 118 valence electrons. The quantitative estimate of drug-likeness (QED) is 0.842. The van der Waals surface area contributed by atoms with Gasteiger partial charge in [-0.05, 0) is 11.4 Å². The largest absolute Gasteiger partial charge is 0.491 e. The molecule has 10 heteroatoms. The number of fused-ring (bicyclic) bond motifs is 1. The van der Waals surface area contributed by atoms with Gasteiger partial charge in [0.25, 0.3) is 0 Å². The number of hydrogen-bond donors (Lipinski definition) is 1. The highest BCUT2D eigenvalue weighted by Gasteiger charge is 2.42. The Morgan fingerprint density at radius 1 is 1.32 bits per heavy atom. The second-order valence-electron chi connectivity index (χ2n) is 4.59. The number of thiophene rings is 1. The minimum atomic E-state index is -5.08. The van der Waals surface area contributed by atoms with Crippen LogP contribution in [0.2, 0.25) is 0 Å². The average Bonchev–Trinajstić information content (AvgIpc) is 2.94. The van der Waals surface area contributed by atoms with Crippen molar-refractivity contribution >= 4 is 33.3 Å². The molecule has 3 rings (SSSR count). The number of carbonyl (C=O) groups excluding carboxylic acids is 1. The number of alkyl halides is 3. The number of anilines is 1. The maximum atomic E-state index is 12.3. The molecule has 0 radical (unpaired) electrons. The molecule has 0 amide bonds. The van der Waals surface area contributed by atoms with E-state index in [0.717, 1.165) is 18.5 Å². The van der Waals surface area contributed by atoms with Crippen LogP contribution in [0.3, 0.4) is 0 Å². The zero-order valence-electron chi connectivity index (χ0n) is 11.2. The maximum Gasteiger partial charge on any atom is 0.491 e. The summed E-state index contributed by atoms with van der Waals surface area (Å²) < 4.78 is 41.2. The molecule has 0 unspecified atom stereocenters. The first-order chi connectivity index (χ1) is 10.4. The Labute approximate surface area is 126 Å². The van der Waals surface area contributed by atoms with Crippen molar-refractivity contribution in [2.24, 2.45) is 0 Å². The summed E-state index contributed by atoms with van der Waals surface area (Å²) in [5.74, 6) is -1.84. The molecule has 0 bridgehead atoms. The summed E-state index contributed by atoms with van der Waals surface area (Å²) in [6.45, 7) is 2.81. The fraction of sp³-hybridized carbons (Fsp3) is 0.417. The van der Waals surface area contributed by atoms with E-state index in [-0.39, 0.29) is 0 Å². The van der Waals surface area contributed by atoms with E-state index in [1.54, 1.807) is 11.4 Å². The molecule has 6 nitrogen and oxygen atoms in total. The van der Waals surface area contributed by atoms with Gasteiger partial charge >= 0.3 is 18.2 Å². The summed E-state index contributed by atoms with van der Waals surface area (Å²) in [4.78, 5) is 21.2. The normalized spacial score (nSPS) is 16.0. The van der Waals surface area contributed by atoms with Crippen LogP contribution in [0.25, 0.3) is 10.2 Å². The number of esters is 1. The van der Waals surface area contributed by atoms with Gasteiger partial charge in [0.1, 0.15) is 10.6 Å². The SMILES string of the molecule is O=C(Oc1nc(N2CCNCC2)c2ccsc2n1)C(F)(F)F. The molecule has 1 aliphatic rings. The third kappa shape index (κ3) is 2.97. The van der Waals surface area contributed by atoms with Crippen LogP contribution in [0.15, 0.2) is 11.4 Å². The van der Waals surface area contributed by atoms with Crippen LogP contribution in [0.4, 0.5) is 19.0 Å². The van der Waals surface area contributed by atoms with Crippen molar-refractivity contribution in [1.29, 1.82) is 0 Å². The van der Waals surface area contributed by atoms with E-state index >= 15 is 0 Å². The molecule has 2 aromatic rings. The molecule has 1 N–H and O–H groups in total. The van der Waals surface area contributed by atoms with Crippen LogP contribution in [-0.2, 0) is 4.79 Å². The minimum absolute atomic E-state index is 0.480. The van der Waals surface area contributed by atoms with Crippen molar-refractivity contribution in [2.45, 2.75) is 6.18 Å². The van der Waals surface area contributed by atoms with Crippen LogP contribution in [0, 0.1) is 0 Å². The van der Waals surface area contributed by atoms with Crippen LogP contribution in [0.1, 0.15) is 0 Å². The topological polar surface area (TPSA) is 67.3 Å². The molecule has 1 aliphatic heterocycles. The van der Waals surface area contributed by atoms with E-state index in [2.05, 4.69) is 20.0 Å². The Hall–Kier alpha value is -1.94. The third-order valence-corrected chi connectivity index (χ3v) is 3.92. The summed E-state index contributed by atoms with van der Waals surface area (Å²) in [5, 5.41) is 5.68. The number of hydrogen-bond acceptors (Lipinski definition) is 7. The lowest BCUT2D eigenvalue weighted by Gasteiger charge is -2.28. The smallest absolute Gasteiger partial charge is 0.384 e. The molecule has 0 spiro atoms. The van der Waals surface area contributed by atoms with Gasteiger partial charge in [0.05, 0.1) is 5.39 Å². The number of piperazine rings is 1. The fourth-order valence-electron chi connectivity index (χ4n) is 2.12. The van der Waals surface area contributed by atoms with Crippen molar-refractivity contribution < 1.29 is 22.7 Å². The first kappa shape index (κ1) is 15.0. The van der Waals surface area contributed by atoms with E-state index in [0.29, 0.717) is 23.7 Å². The number of nitrogens with one attached hydrogen (secondary N) is 1. The van der Waals surface area contributed by atoms with Gasteiger partial charge in [0, 0.05) is 26.2 Å². The van der Waals surface area contributed by atoms with E-state index in [1.807, 2.05) is 4.90 Å². The van der Waals surface area contributed by atoms with Crippen LogP contribution in [-0.4, -0.2) is 48.3 Å². The lowest BCUT2D eigenvalue weighted by Crippen LogP contribution is -2.44. The molecule has 1 saturated heterocycles. The molecule has 2 aromatic heterocycles. The van der Waals surface area contributed by atoms with E-state index < -0.39 is 18.2 Å². The first-order valence-electron chi connectivity index (χ1n) is 6.45. The molecule has 0 aromatic carbocycles. The molecule has 0 aliphatic carbocycles. The highest BCUT2D eigenvalue weighted by atomic mass is 32.1. The number of rotatable bonds is 2. The zero-order valence-corrected chi connectivity index (χ0v) is 12.0. The van der Waals surface area contributed by atoms with Gasteiger partial charge in [-0.1, -0.05) is 0 Å². The number of ether oxygens (including phenoxy) is 1. The second kappa shape index (κ2) is 5.69. The average molecular weight is 332 g/mol. The van der Waals surface area contributed by atoms with Crippen molar-refractivity contribution in [2.75, 3.05) is 31.1 Å². The van der Waals surface area contributed by atoms with Crippen molar-refractivity contribution in [3.8, 4) is 6.01 Å². The minimum Gasteiger partial charge on any atom is -0.384 e. The number of aromatic nitrogens is 2. The first-order valence-corrected chi connectivity index (χ1v) is 7.33. The summed E-state index contributed by atoms with van der Waals surface area (Å²) in [6, 6.07) is 1.22. The Morgan fingerprint density at radius 2 is 2.05 bits per heavy atom. The summed E-state index contributed by atoms with van der Waals surface area (Å²) in [5.41, 5.74) is 0. The monoisotopic (exact) mass is 332 g/mol. The van der Waals surface area contributed by atoms with Crippen molar-refractivity contribution in [1.82, 2.24) is 15.3 Å². The molecule has 1 fully saturated rings. The van der Waals surface area contributed by atoms with Gasteiger partial charge in [0.2, 0.25) is 0 Å². The van der Waals surface area contributed by atoms with Crippen LogP contribution < -0.4 is 15.0 Å². The van der Waals surface area contributed by atoms with E-state index in [4.69, 9.17) is 0 Å². The summed E-state index contributed by atoms with van der Waals surface area (Å²) in [7, 11) is 0. The fourth-order valence-corrected chi connectivity index (χ4v) is 2.87. The molecule has 0 atom stereocenters. The Kier molecular flexibility index (Phi) is 3.87. The van der Waals surface area contributed by atoms with Gasteiger partial charge in [-0.15, -0.1) is 11.3 Å². The Balaban J connectivity index is 1.96. The summed E-state index contributed by atoms with van der Waals surface area (Å²) in [6.07, 6.45) is -5.08. The maximum absolute atomic E-state index is 12.3. The van der Waals surface area contributed by atoms with Gasteiger partial charge in [-0.25, -0.2) is 4.79 Å². The molecule has 0 saturated carbocycles. The molecular formula is C12H11F3N4O2S. The predicted octanol–water partition coefficient (Wildman–Crippen LogP) is 1.57. The van der Waals surface area contributed by atoms with Crippen molar-refractivity contribution in [3.63, 3.8) is 0 Å². The highest BCUT2D eigenvalue weighted by Crippen LogP contribution is 2.30. The standard InChI is InChI=1S/C12H11F3N4O2S/c13-12(14,15)10(20)21-11-17-8(19-4-2-16-3-5-19)7-1-6-22-9(7)18-11/h1,6,16H,2-5H2. The Morgan fingerprint density at radius 3 is 2.73 bits per heavy atom. The van der Waals surface area contributed by atoms with E-state index in [1.165, 1.54) is 11.3 Å². The molecular weight excluding hydrogens is 321 g/mol. The number of carbonyl (C=O) groups is 1. The Bertz CT molecular complexity index is 697. The highest BCUT2D eigenvalue weighted by molar-refractivity contribution is 7.16. The van der Waals surface area contributed by atoms with Gasteiger partial charge in [-0.3, -0.25) is 0 Å².